The second-order valence-corrected chi connectivity index (χ2v) is 7.07. The first-order valence-corrected chi connectivity index (χ1v) is 8.66. The minimum atomic E-state index is 0.331. The molecule has 3 aliphatic rings. The Hall–Kier alpha value is -2.14. The second-order valence-electron chi connectivity index (χ2n) is 7.07. The summed E-state index contributed by atoms with van der Waals surface area (Å²) in [6.07, 6.45) is 5.53. The van der Waals surface area contributed by atoms with Crippen molar-refractivity contribution in [3.8, 4) is 11.5 Å². The highest BCUT2D eigenvalue weighted by molar-refractivity contribution is 5.48. The minimum absolute atomic E-state index is 0.331. The number of aromatic nitrogens is 2. The average Bonchev–Trinajstić information content (AvgIpc) is 3.11. The third-order valence-electron chi connectivity index (χ3n) is 5.64. The molecule has 0 aliphatic carbocycles. The van der Waals surface area contributed by atoms with Gasteiger partial charge < -0.3 is 9.47 Å². The molecule has 0 amide bonds. The van der Waals surface area contributed by atoms with Crippen molar-refractivity contribution in [2.45, 2.75) is 51.7 Å². The van der Waals surface area contributed by atoms with Crippen LogP contribution in [0.1, 0.15) is 47.1 Å². The lowest BCUT2D eigenvalue weighted by Gasteiger charge is -2.36. The van der Waals surface area contributed by atoms with Crippen LogP contribution in [0.15, 0.2) is 18.3 Å². The lowest BCUT2D eigenvalue weighted by Crippen LogP contribution is -2.37. The van der Waals surface area contributed by atoms with E-state index in [0.29, 0.717) is 18.9 Å². The summed E-state index contributed by atoms with van der Waals surface area (Å²) < 4.78 is 11.0. The van der Waals surface area contributed by atoms with Gasteiger partial charge in [0.15, 0.2) is 11.5 Å². The van der Waals surface area contributed by atoms with Gasteiger partial charge in [0, 0.05) is 36.8 Å². The molecule has 124 valence electrons. The molecule has 24 heavy (non-hydrogen) atoms. The maximum atomic E-state index is 5.56. The van der Waals surface area contributed by atoms with Crippen molar-refractivity contribution in [1.82, 2.24) is 14.9 Å². The van der Waals surface area contributed by atoms with Gasteiger partial charge >= 0.3 is 0 Å². The molecule has 2 aromatic rings. The van der Waals surface area contributed by atoms with Crippen molar-refractivity contribution in [2.75, 3.05) is 6.79 Å². The molecular weight excluding hydrogens is 302 g/mol. The van der Waals surface area contributed by atoms with Crippen molar-refractivity contribution >= 4 is 0 Å². The number of benzene rings is 1. The molecule has 2 atom stereocenters. The summed E-state index contributed by atoms with van der Waals surface area (Å²) in [5.74, 6) is 2.62. The molecule has 3 aliphatic heterocycles. The Labute approximate surface area is 141 Å². The molecule has 5 nitrogen and oxygen atoms in total. The van der Waals surface area contributed by atoms with Gasteiger partial charge in [0.05, 0.1) is 5.69 Å². The molecule has 2 unspecified atom stereocenters. The van der Waals surface area contributed by atoms with Crippen LogP contribution in [0.3, 0.4) is 0 Å². The molecule has 1 aromatic carbocycles. The number of hydrogen-bond acceptors (Lipinski definition) is 5. The van der Waals surface area contributed by atoms with Gasteiger partial charge in [-0.1, -0.05) is 0 Å². The molecule has 1 aromatic heterocycles. The standard InChI is InChI=1S/C19H21N3O2/c1-11-5-18-19(24-10-23-18)6-13(11)9-22-14-3-4-17(22)15-8-20-12(2)21-16(15)7-14/h5-6,8,14,17H,3-4,7,9-10H2,1-2H3. The van der Waals surface area contributed by atoms with Gasteiger partial charge in [-0.05, 0) is 49.9 Å². The van der Waals surface area contributed by atoms with E-state index in [2.05, 4.69) is 33.9 Å². The van der Waals surface area contributed by atoms with Gasteiger partial charge in [0.2, 0.25) is 6.79 Å². The third-order valence-corrected chi connectivity index (χ3v) is 5.64. The number of rotatable bonds is 2. The van der Waals surface area contributed by atoms with E-state index in [0.717, 1.165) is 30.3 Å². The topological polar surface area (TPSA) is 47.5 Å². The Bertz CT molecular complexity index is 820. The fourth-order valence-electron chi connectivity index (χ4n) is 4.37. The van der Waals surface area contributed by atoms with Gasteiger partial charge in [0.1, 0.15) is 5.82 Å². The minimum Gasteiger partial charge on any atom is -0.454 e. The molecule has 1 saturated heterocycles. The Balaban J connectivity index is 1.47. The maximum absolute atomic E-state index is 5.56. The number of ether oxygens (including phenoxy) is 2. The van der Waals surface area contributed by atoms with Crippen molar-refractivity contribution in [3.05, 3.63) is 46.5 Å². The van der Waals surface area contributed by atoms with Crippen LogP contribution in [-0.2, 0) is 13.0 Å². The third kappa shape index (κ3) is 2.11. The molecule has 2 bridgehead atoms. The summed E-state index contributed by atoms with van der Waals surface area (Å²) in [7, 11) is 0. The zero-order chi connectivity index (χ0) is 16.3. The average molecular weight is 323 g/mol. The van der Waals surface area contributed by atoms with Crippen LogP contribution < -0.4 is 9.47 Å². The largest absolute Gasteiger partial charge is 0.454 e. The van der Waals surface area contributed by atoms with Gasteiger partial charge in [-0.3, -0.25) is 4.90 Å². The zero-order valence-electron chi connectivity index (χ0n) is 14.1. The van der Waals surface area contributed by atoms with Crippen LogP contribution in [0, 0.1) is 13.8 Å². The van der Waals surface area contributed by atoms with E-state index in [4.69, 9.17) is 9.47 Å². The van der Waals surface area contributed by atoms with Crippen molar-refractivity contribution in [1.29, 1.82) is 0 Å². The van der Waals surface area contributed by atoms with Crippen LogP contribution in [0.2, 0.25) is 0 Å². The number of nitrogens with zero attached hydrogens (tertiary/aromatic N) is 3. The van der Waals surface area contributed by atoms with Crippen molar-refractivity contribution in [2.24, 2.45) is 0 Å². The van der Waals surface area contributed by atoms with E-state index >= 15 is 0 Å². The normalized spacial score (nSPS) is 24.2. The van der Waals surface area contributed by atoms with Gasteiger partial charge in [-0.2, -0.15) is 0 Å². The molecule has 4 heterocycles. The van der Waals surface area contributed by atoms with Gasteiger partial charge in [0.25, 0.3) is 0 Å². The van der Waals surface area contributed by atoms with E-state index in [1.165, 1.54) is 35.2 Å². The number of hydrogen-bond donors (Lipinski definition) is 0. The highest BCUT2D eigenvalue weighted by atomic mass is 16.7. The van der Waals surface area contributed by atoms with E-state index in [9.17, 15) is 0 Å². The first-order valence-electron chi connectivity index (χ1n) is 8.66. The summed E-state index contributed by atoms with van der Waals surface area (Å²) in [6, 6.07) is 5.29. The first kappa shape index (κ1) is 14.2. The predicted octanol–water partition coefficient (Wildman–Crippen LogP) is 3.08. The summed E-state index contributed by atoms with van der Waals surface area (Å²) in [6.45, 7) is 5.41. The molecule has 0 radical (unpaired) electrons. The highest BCUT2D eigenvalue weighted by Crippen LogP contribution is 2.44. The maximum Gasteiger partial charge on any atom is 0.231 e. The Morgan fingerprint density at radius 1 is 1.17 bits per heavy atom. The number of fused-ring (bicyclic) bond motifs is 5. The van der Waals surface area contributed by atoms with E-state index < -0.39 is 0 Å². The van der Waals surface area contributed by atoms with E-state index in [1.807, 2.05) is 13.1 Å². The summed E-state index contributed by atoms with van der Waals surface area (Å²) in [5, 5.41) is 0. The Morgan fingerprint density at radius 2 is 2.00 bits per heavy atom. The van der Waals surface area contributed by atoms with Gasteiger partial charge in [-0.25, -0.2) is 9.97 Å². The zero-order valence-corrected chi connectivity index (χ0v) is 14.1. The quantitative estimate of drug-likeness (QED) is 0.850. The van der Waals surface area contributed by atoms with Crippen LogP contribution in [0.25, 0.3) is 0 Å². The summed E-state index contributed by atoms with van der Waals surface area (Å²) in [5.41, 5.74) is 5.18. The first-order chi connectivity index (χ1) is 11.7. The molecule has 0 spiro atoms. The molecule has 1 fully saturated rings. The fourth-order valence-corrected chi connectivity index (χ4v) is 4.37. The lowest BCUT2D eigenvalue weighted by atomic mass is 9.97. The monoisotopic (exact) mass is 323 g/mol. The Kier molecular flexibility index (Phi) is 3.07. The van der Waals surface area contributed by atoms with Crippen LogP contribution in [0.5, 0.6) is 11.5 Å². The van der Waals surface area contributed by atoms with Crippen LogP contribution in [0.4, 0.5) is 0 Å². The molecule has 0 saturated carbocycles. The van der Waals surface area contributed by atoms with Gasteiger partial charge in [-0.15, -0.1) is 0 Å². The summed E-state index contributed by atoms with van der Waals surface area (Å²) in [4.78, 5) is 11.8. The Morgan fingerprint density at radius 3 is 2.88 bits per heavy atom. The van der Waals surface area contributed by atoms with Crippen molar-refractivity contribution < 1.29 is 9.47 Å². The smallest absolute Gasteiger partial charge is 0.231 e. The molecule has 0 N–H and O–H groups in total. The van der Waals surface area contributed by atoms with Crippen LogP contribution in [-0.4, -0.2) is 27.7 Å². The second kappa shape index (κ2) is 5.18. The molecule has 5 rings (SSSR count). The highest BCUT2D eigenvalue weighted by Gasteiger charge is 2.40. The molecule has 5 heteroatoms. The fraction of sp³-hybridized carbons (Fsp3) is 0.474. The van der Waals surface area contributed by atoms with E-state index in [-0.39, 0.29) is 0 Å². The number of aryl methyl sites for hydroxylation is 2. The lowest BCUT2D eigenvalue weighted by molar-refractivity contribution is 0.165. The van der Waals surface area contributed by atoms with E-state index in [1.54, 1.807) is 0 Å². The molecular formula is C19H21N3O2. The summed E-state index contributed by atoms with van der Waals surface area (Å²) >= 11 is 0. The predicted molar refractivity (Wildman–Crippen MR) is 89.1 cm³/mol. The SMILES string of the molecule is Cc1ncc2c(n1)CC1CCC2N1Cc1cc2c(cc1C)OCO2. The van der Waals surface area contributed by atoms with Crippen molar-refractivity contribution in [3.63, 3.8) is 0 Å². The van der Waals surface area contributed by atoms with Crippen LogP contribution >= 0.6 is 0 Å².